The van der Waals surface area contributed by atoms with Gasteiger partial charge in [0.15, 0.2) is 11.9 Å². The first-order valence-electron chi connectivity index (χ1n) is 28.8. The number of rotatable bonds is 11. The Morgan fingerprint density at radius 2 is 1.63 bits per heavy atom. The summed E-state index contributed by atoms with van der Waals surface area (Å²) in [4.78, 5) is 46.4. The number of ether oxygens (including phenoxy) is 4. The highest BCUT2D eigenvalue weighted by atomic mass is 16.7. The third-order valence-electron chi connectivity index (χ3n) is 22.9. The van der Waals surface area contributed by atoms with Crippen LogP contribution in [0.4, 0.5) is 0 Å². The molecule has 5 saturated carbocycles. The van der Waals surface area contributed by atoms with E-state index in [-0.39, 0.29) is 53.9 Å². The Balaban J connectivity index is 0.944. The van der Waals surface area contributed by atoms with Crippen molar-refractivity contribution in [2.75, 3.05) is 26.4 Å². The number of cyclic esters (lactones) is 2. The van der Waals surface area contributed by atoms with Gasteiger partial charge in [0, 0.05) is 53.4 Å². The second kappa shape index (κ2) is 18.1. The molecule has 0 bridgehead atoms. The van der Waals surface area contributed by atoms with Gasteiger partial charge in [-0.15, -0.1) is 0 Å². The monoisotopic (exact) mass is 1000 g/mol. The van der Waals surface area contributed by atoms with E-state index >= 15 is 9.59 Å². The quantitative estimate of drug-likeness (QED) is 0.0848. The second-order valence-corrected chi connectivity index (χ2v) is 25.9. The van der Waals surface area contributed by atoms with Crippen LogP contribution in [-0.4, -0.2) is 101 Å². The Bertz CT molecular complexity index is 2460. The summed E-state index contributed by atoms with van der Waals surface area (Å²) in [5, 5.41) is 43.1. The van der Waals surface area contributed by atoms with Crippen LogP contribution in [0.1, 0.15) is 146 Å². The highest BCUT2D eigenvalue weighted by molar-refractivity contribution is 5.93. The average Bonchev–Trinajstić information content (AvgIpc) is 3.96. The fourth-order valence-corrected chi connectivity index (χ4v) is 19.8. The van der Waals surface area contributed by atoms with Gasteiger partial charge < -0.3 is 44.0 Å². The van der Waals surface area contributed by atoms with Gasteiger partial charge >= 0.3 is 11.9 Å². The van der Waals surface area contributed by atoms with Crippen molar-refractivity contribution in [1.29, 1.82) is 0 Å². The van der Waals surface area contributed by atoms with Crippen LogP contribution in [0.2, 0.25) is 0 Å². The maximum atomic E-state index is 16.6. The van der Waals surface area contributed by atoms with Gasteiger partial charge in [0.25, 0.3) is 0 Å². The zero-order valence-corrected chi connectivity index (χ0v) is 43.2. The summed E-state index contributed by atoms with van der Waals surface area (Å²) < 4.78 is 34.9. The first-order chi connectivity index (χ1) is 35.4. The second-order valence-electron chi connectivity index (χ2n) is 25.9. The van der Waals surface area contributed by atoms with Crippen molar-refractivity contribution in [3.63, 3.8) is 0 Å². The minimum absolute atomic E-state index is 0.0178. The van der Waals surface area contributed by atoms with Crippen LogP contribution in [0, 0.1) is 69.0 Å². The van der Waals surface area contributed by atoms with E-state index in [0.717, 1.165) is 103 Å². The largest absolute Gasteiger partial charge is 0.469 e. The number of hydrogen-bond donors (Lipinski definition) is 5. The molecule has 396 valence electrons. The van der Waals surface area contributed by atoms with Crippen molar-refractivity contribution < 1.29 is 53.1 Å². The highest BCUT2D eigenvalue weighted by Crippen LogP contribution is 2.84. The molecule has 18 atom stereocenters. The molecule has 13 heteroatoms. The number of allylic oxidation sites excluding steroid dienone is 1. The van der Waals surface area contributed by atoms with E-state index < -0.39 is 81.9 Å². The van der Waals surface area contributed by atoms with Gasteiger partial charge in [-0.2, -0.15) is 0 Å². The number of furan rings is 1. The number of aliphatic hydroxyl groups is 3. The number of nitrogens with one attached hydrogen (secondary N) is 2. The summed E-state index contributed by atoms with van der Waals surface area (Å²) >= 11 is 0. The summed E-state index contributed by atoms with van der Waals surface area (Å²) in [6.07, 6.45) is 16.9. The summed E-state index contributed by atoms with van der Waals surface area (Å²) in [5.74, 6) is -1.30. The molecular weight excluding hydrogens is 925 g/mol. The molecule has 13 rings (SSSR count). The zero-order valence-electron chi connectivity index (χ0n) is 43.2. The molecule has 5 N–H and O–H groups in total. The summed E-state index contributed by atoms with van der Waals surface area (Å²) in [5.41, 5.74) is -4.35. The number of fused-ring (bicyclic) bond motifs is 2. The minimum Gasteiger partial charge on any atom is -0.469 e. The summed E-state index contributed by atoms with van der Waals surface area (Å²) in [7, 11) is 0. The number of Topliss-reactive ketones (excluding diaryl/α,β-unsaturated/α-hetero) is 1. The molecule has 0 radical (unpaired) electrons. The van der Waals surface area contributed by atoms with Crippen LogP contribution >= 0.6 is 0 Å². The fraction of sp³-hybridized carbons (Fsp3) is 0.750. The Kier molecular flexibility index (Phi) is 12.2. The van der Waals surface area contributed by atoms with E-state index in [0.29, 0.717) is 55.4 Å². The van der Waals surface area contributed by atoms with Gasteiger partial charge in [-0.05, 0) is 125 Å². The van der Waals surface area contributed by atoms with Gasteiger partial charge in [0.1, 0.15) is 30.2 Å². The van der Waals surface area contributed by atoms with E-state index in [1.165, 1.54) is 5.56 Å². The molecule has 73 heavy (non-hydrogen) atoms. The van der Waals surface area contributed by atoms with Crippen molar-refractivity contribution in [2.24, 2.45) is 69.0 Å². The number of carbonyl (C=O) groups excluding carboxylic acids is 3. The molecule has 1 aromatic carbocycles. The lowest BCUT2D eigenvalue weighted by atomic mass is 9.32. The van der Waals surface area contributed by atoms with Crippen molar-refractivity contribution in [3.8, 4) is 0 Å². The maximum Gasteiger partial charge on any atom is 0.339 e. The molecule has 5 saturated heterocycles. The molecule has 0 unspecified atom stereocenters. The lowest BCUT2D eigenvalue weighted by Gasteiger charge is -2.71. The molecule has 10 fully saturated rings. The maximum absolute atomic E-state index is 16.6. The van der Waals surface area contributed by atoms with Gasteiger partial charge in [-0.25, -0.2) is 4.79 Å². The van der Waals surface area contributed by atoms with Gasteiger partial charge in [0.2, 0.25) is 0 Å². The fourth-order valence-electron chi connectivity index (χ4n) is 19.8. The molecule has 1 aromatic heterocycles. The standard InChI is InChI=1S/C60H80N2O11/c1-55-26-22-46-58-33-70-54(68)57(24-9-10-25-57)53(58)73-56(2,39-15-7-4-8-16-39)48(58)47(65)49(66)59(46,40-17-11-14-36(29-40)28-35-12-5-3-6-13-35)60(55)51(72-60)52(67)71-50(55)41-23-27-69-45(41)30-42(44(64)32-63)37-18-20-38(21-19-37)43-31-61-34-62-43/h3,5-6,12-13,18,20,23,27,36-40,42-44,46,48-51,53,61-64,66H,4,7-11,14-17,19,21-22,24-26,28-34H2,1-2H3/t36-,37-,38+,40-,42-,43+,44+,46+,48+,49+,50-,51+,53-,55-,56+,58+,59-,60+/m0/s1. The number of carbonyl (C=O) groups is 3. The number of ketones is 1. The van der Waals surface area contributed by atoms with Crippen LogP contribution < -0.4 is 10.6 Å². The van der Waals surface area contributed by atoms with Crippen LogP contribution in [-0.2, 0) is 46.2 Å². The van der Waals surface area contributed by atoms with E-state index in [1.807, 2.05) is 12.1 Å². The van der Waals surface area contributed by atoms with Gasteiger partial charge in [-0.3, -0.25) is 14.9 Å². The Morgan fingerprint density at radius 3 is 2.37 bits per heavy atom. The number of esters is 2. The predicted octanol–water partition coefficient (Wildman–Crippen LogP) is 7.48. The first kappa shape index (κ1) is 49.2. The van der Waals surface area contributed by atoms with Gasteiger partial charge in [0.05, 0.1) is 42.0 Å². The molecule has 13 nitrogen and oxygen atoms in total. The smallest absolute Gasteiger partial charge is 0.339 e. The Hall–Kier alpha value is -3.43. The molecule has 2 aromatic rings. The molecule has 6 heterocycles. The van der Waals surface area contributed by atoms with Crippen LogP contribution in [0.25, 0.3) is 0 Å². The summed E-state index contributed by atoms with van der Waals surface area (Å²) in [6.45, 7) is 5.68. The van der Waals surface area contributed by atoms with Crippen molar-refractivity contribution in [1.82, 2.24) is 10.6 Å². The molecule has 11 aliphatic rings. The third-order valence-corrected chi connectivity index (χ3v) is 22.9. The van der Waals surface area contributed by atoms with Crippen LogP contribution in [0.5, 0.6) is 0 Å². The lowest BCUT2D eigenvalue weighted by Crippen LogP contribution is -2.80. The predicted molar refractivity (Wildman–Crippen MR) is 268 cm³/mol. The molecule has 5 aliphatic heterocycles. The molecular formula is C60H80N2O11. The van der Waals surface area contributed by atoms with E-state index in [9.17, 15) is 20.1 Å². The van der Waals surface area contributed by atoms with E-state index in [1.54, 1.807) is 6.26 Å². The summed E-state index contributed by atoms with van der Waals surface area (Å²) in [6, 6.07) is 12.9. The molecule has 3 spiro atoms. The Labute approximate surface area is 430 Å². The van der Waals surface area contributed by atoms with Crippen molar-refractivity contribution in [2.45, 2.75) is 184 Å². The van der Waals surface area contributed by atoms with Crippen LogP contribution in [0.3, 0.4) is 0 Å². The van der Waals surface area contributed by atoms with Crippen molar-refractivity contribution >= 4 is 17.7 Å². The first-order valence-corrected chi connectivity index (χ1v) is 28.8. The number of hydrogen-bond acceptors (Lipinski definition) is 13. The third kappa shape index (κ3) is 6.85. The van der Waals surface area contributed by atoms with Gasteiger partial charge in [-0.1, -0.05) is 94.4 Å². The molecule has 6 aliphatic carbocycles. The zero-order chi connectivity index (χ0) is 50.1. The normalized spacial score (nSPS) is 45.6. The average molecular weight is 1010 g/mol. The topological polar surface area (TPSA) is 189 Å². The number of aliphatic hydroxyl groups excluding tert-OH is 3. The van der Waals surface area contributed by atoms with Crippen LogP contribution in [0.15, 0.2) is 59.2 Å². The van der Waals surface area contributed by atoms with Crippen molar-refractivity contribution in [3.05, 3.63) is 71.7 Å². The molecule has 0 amide bonds. The number of benzene rings is 1. The lowest BCUT2D eigenvalue weighted by molar-refractivity contribution is -0.285. The SMILES string of the molecule is C[C@@]12CC[C@@H]3[C@@]45COC(=O)C6(CCCC6)[C@@H]4O[C@](C)(C4CCCCC4)[C@H]5C(=O)[C@@H](O)[C@@]3([C@H]3CCC[C@@H](Cc4ccccc4)C3)[C@]13O[C@@H]3C(=O)O[C@H]2c1ccoc1C[C@H]([C@H](O)CO)[C@H]1C=C[C@@H]([C@H]2CNCN2)CC1. The Morgan fingerprint density at radius 1 is 0.836 bits per heavy atom. The number of epoxide rings is 1. The van der Waals surface area contributed by atoms with E-state index in [4.69, 9.17) is 23.4 Å². The highest BCUT2D eigenvalue weighted by Gasteiger charge is 2.94. The minimum atomic E-state index is -1.47. The van der Waals surface area contributed by atoms with E-state index in [2.05, 4.69) is 60.9 Å².